The molecule has 1 saturated carbocycles. The topological polar surface area (TPSA) is 28.2 Å². The van der Waals surface area contributed by atoms with E-state index in [9.17, 15) is 0 Å². The lowest BCUT2D eigenvalue weighted by Crippen LogP contribution is -2.21. The number of nitrogens with zero attached hydrogens (tertiary/aromatic N) is 2. The highest BCUT2D eigenvalue weighted by molar-refractivity contribution is 5.40. The maximum Gasteiger partial charge on any atom is 0.128 e. The second kappa shape index (κ2) is 6.19. The number of aromatic nitrogens is 1. The van der Waals surface area contributed by atoms with Gasteiger partial charge in [-0.25, -0.2) is 4.98 Å². The van der Waals surface area contributed by atoms with E-state index in [4.69, 9.17) is 0 Å². The minimum absolute atomic E-state index is 0.743. The molecule has 3 heteroatoms. The van der Waals surface area contributed by atoms with Crippen LogP contribution in [0.1, 0.15) is 38.7 Å². The van der Waals surface area contributed by atoms with Gasteiger partial charge in [-0.15, -0.1) is 0 Å². The van der Waals surface area contributed by atoms with Crippen molar-refractivity contribution in [3.8, 4) is 0 Å². The van der Waals surface area contributed by atoms with Crippen LogP contribution >= 0.6 is 0 Å². The summed E-state index contributed by atoms with van der Waals surface area (Å²) in [5, 5.41) is 3.54. The Morgan fingerprint density at radius 1 is 1.44 bits per heavy atom. The van der Waals surface area contributed by atoms with E-state index in [2.05, 4.69) is 48.2 Å². The molecule has 0 saturated heterocycles. The summed E-state index contributed by atoms with van der Waals surface area (Å²) in [5.74, 6) is 1.83. The molecule has 1 fully saturated rings. The Bertz CT molecular complexity index is 372. The smallest absolute Gasteiger partial charge is 0.128 e. The molecule has 3 nitrogen and oxygen atoms in total. The summed E-state index contributed by atoms with van der Waals surface area (Å²) in [6, 6.07) is 5.07. The van der Waals surface area contributed by atoms with Gasteiger partial charge in [0.25, 0.3) is 0 Å². The average molecular weight is 247 g/mol. The van der Waals surface area contributed by atoms with Crippen LogP contribution in [-0.2, 0) is 6.54 Å². The zero-order chi connectivity index (χ0) is 13.0. The SMILES string of the molecule is CC(C)CCN(C)c1cc(CNC2CC2)ccn1. The summed E-state index contributed by atoms with van der Waals surface area (Å²) < 4.78 is 0. The highest BCUT2D eigenvalue weighted by atomic mass is 15.2. The normalized spacial score (nSPS) is 15.1. The lowest BCUT2D eigenvalue weighted by Gasteiger charge is -2.19. The molecule has 0 amide bonds. The minimum Gasteiger partial charge on any atom is -0.360 e. The first-order valence-corrected chi connectivity index (χ1v) is 7.04. The van der Waals surface area contributed by atoms with Crippen LogP contribution in [0.3, 0.4) is 0 Å². The van der Waals surface area contributed by atoms with Crippen LogP contribution in [0.25, 0.3) is 0 Å². The Balaban J connectivity index is 1.88. The number of hydrogen-bond donors (Lipinski definition) is 1. The van der Waals surface area contributed by atoms with Gasteiger partial charge in [-0.1, -0.05) is 13.8 Å². The zero-order valence-electron chi connectivity index (χ0n) is 11.8. The average Bonchev–Trinajstić information content (AvgIpc) is 3.18. The number of nitrogens with one attached hydrogen (secondary N) is 1. The third-order valence-electron chi connectivity index (χ3n) is 3.42. The van der Waals surface area contributed by atoms with Gasteiger partial charge in [-0.05, 0) is 42.9 Å². The van der Waals surface area contributed by atoms with Crippen molar-refractivity contribution in [2.75, 3.05) is 18.5 Å². The van der Waals surface area contributed by atoms with Crippen LogP contribution in [0.2, 0.25) is 0 Å². The van der Waals surface area contributed by atoms with Crippen LogP contribution in [0.15, 0.2) is 18.3 Å². The van der Waals surface area contributed by atoms with Gasteiger partial charge in [0.2, 0.25) is 0 Å². The van der Waals surface area contributed by atoms with Crippen LogP contribution in [0.4, 0.5) is 5.82 Å². The van der Waals surface area contributed by atoms with Gasteiger partial charge in [0, 0.05) is 32.4 Å². The molecule has 1 heterocycles. The van der Waals surface area contributed by atoms with Gasteiger partial charge in [0.05, 0.1) is 0 Å². The number of hydrogen-bond acceptors (Lipinski definition) is 3. The van der Waals surface area contributed by atoms with Gasteiger partial charge in [0.15, 0.2) is 0 Å². The van der Waals surface area contributed by atoms with E-state index < -0.39 is 0 Å². The van der Waals surface area contributed by atoms with Crippen molar-refractivity contribution in [1.29, 1.82) is 0 Å². The van der Waals surface area contributed by atoms with Crippen molar-refractivity contribution < 1.29 is 0 Å². The molecule has 18 heavy (non-hydrogen) atoms. The number of anilines is 1. The zero-order valence-corrected chi connectivity index (χ0v) is 11.8. The van der Waals surface area contributed by atoms with Gasteiger partial charge >= 0.3 is 0 Å². The predicted octanol–water partition coefficient (Wildman–Crippen LogP) is 2.82. The lowest BCUT2D eigenvalue weighted by atomic mass is 10.1. The molecule has 2 rings (SSSR count). The van der Waals surface area contributed by atoms with Crippen molar-refractivity contribution in [2.24, 2.45) is 5.92 Å². The van der Waals surface area contributed by atoms with E-state index in [-0.39, 0.29) is 0 Å². The number of pyridine rings is 1. The maximum atomic E-state index is 4.46. The molecular formula is C15H25N3. The Kier molecular flexibility index (Phi) is 4.59. The van der Waals surface area contributed by atoms with Crippen LogP contribution in [-0.4, -0.2) is 24.6 Å². The first kappa shape index (κ1) is 13.3. The van der Waals surface area contributed by atoms with Gasteiger partial charge < -0.3 is 10.2 Å². The standard InChI is InChI=1S/C15H25N3/c1-12(2)7-9-18(3)15-10-13(6-8-16-15)11-17-14-4-5-14/h6,8,10,12,14,17H,4-5,7,9,11H2,1-3H3. The van der Waals surface area contributed by atoms with Crippen LogP contribution in [0.5, 0.6) is 0 Å². The second-order valence-electron chi connectivity index (χ2n) is 5.78. The molecule has 0 aliphatic heterocycles. The van der Waals surface area contributed by atoms with E-state index in [1.165, 1.54) is 24.8 Å². The highest BCUT2D eigenvalue weighted by Gasteiger charge is 2.19. The first-order chi connectivity index (χ1) is 8.65. The molecule has 0 radical (unpaired) electrons. The summed E-state index contributed by atoms with van der Waals surface area (Å²) >= 11 is 0. The molecular weight excluding hydrogens is 222 g/mol. The fourth-order valence-electron chi connectivity index (χ4n) is 1.90. The van der Waals surface area contributed by atoms with Crippen LogP contribution in [0, 0.1) is 5.92 Å². The Morgan fingerprint density at radius 2 is 2.22 bits per heavy atom. The summed E-state index contributed by atoms with van der Waals surface area (Å²) in [5.41, 5.74) is 1.34. The van der Waals surface area contributed by atoms with Gasteiger partial charge in [-0.2, -0.15) is 0 Å². The Labute approximate surface area is 111 Å². The number of rotatable bonds is 7. The van der Waals surface area contributed by atoms with E-state index in [1.54, 1.807) is 0 Å². The largest absolute Gasteiger partial charge is 0.360 e. The molecule has 1 N–H and O–H groups in total. The van der Waals surface area contributed by atoms with Gasteiger partial charge in [-0.3, -0.25) is 0 Å². The van der Waals surface area contributed by atoms with E-state index >= 15 is 0 Å². The predicted molar refractivity (Wildman–Crippen MR) is 76.8 cm³/mol. The molecule has 0 unspecified atom stereocenters. The molecule has 100 valence electrons. The van der Waals surface area contributed by atoms with Gasteiger partial charge in [0.1, 0.15) is 5.82 Å². The summed E-state index contributed by atoms with van der Waals surface area (Å²) in [7, 11) is 2.13. The molecule has 1 aromatic heterocycles. The third kappa shape index (κ3) is 4.30. The molecule has 1 aliphatic carbocycles. The van der Waals surface area contributed by atoms with Crippen molar-refractivity contribution in [1.82, 2.24) is 10.3 Å². The molecule has 0 bridgehead atoms. The quantitative estimate of drug-likeness (QED) is 0.803. The van der Waals surface area contributed by atoms with Crippen molar-refractivity contribution >= 4 is 5.82 Å². The molecule has 1 aromatic rings. The van der Waals surface area contributed by atoms with E-state index in [0.717, 1.165) is 30.9 Å². The summed E-state index contributed by atoms with van der Waals surface area (Å²) in [6.07, 6.45) is 5.81. The summed E-state index contributed by atoms with van der Waals surface area (Å²) in [4.78, 5) is 6.71. The van der Waals surface area contributed by atoms with E-state index in [0.29, 0.717) is 0 Å². The third-order valence-corrected chi connectivity index (χ3v) is 3.42. The first-order valence-electron chi connectivity index (χ1n) is 7.04. The van der Waals surface area contributed by atoms with Crippen molar-refractivity contribution in [3.63, 3.8) is 0 Å². The molecule has 1 aliphatic rings. The lowest BCUT2D eigenvalue weighted by molar-refractivity contribution is 0.583. The van der Waals surface area contributed by atoms with Crippen molar-refractivity contribution in [2.45, 2.75) is 45.7 Å². The fourth-order valence-corrected chi connectivity index (χ4v) is 1.90. The summed E-state index contributed by atoms with van der Waals surface area (Å²) in [6.45, 7) is 6.57. The Hall–Kier alpha value is -1.09. The molecule has 0 aromatic carbocycles. The monoisotopic (exact) mass is 247 g/mol. The Morgan fingerprint density at radius 3 is 2.89 bits per heavy atom. The fraction of sp³-hybridized carbons (Fsp3) is 0.667. The van der Waals surface area contributed by atoms with Crippen LogP contribution < -0.4 is 10.2 Å². The highest BCUT2D eigenvalue weighted by Crippen LogP contribution is 2.20. The second-order valence-corrected chi connectivity index (χ2v) is 5.78. The maximum absolute atomic E-state index is 4.46. The van der Waals surface area contributed by atoms with Crippen molar-refractivity contribution in [3.05, 3.63) is 23.9 Å². The minimum atomic E-state index is 0.743. The molecule has 0 spiro atoms. The van der Waals surface area contributed by atoms with E-state index in [1.807, 2.05) is 6.20 Å². The molecule has 0 atom stereocenters.